The molecule has 0 aliphatic carbocycles. The Bertz CT molecular complexity index is 5840. The van der Waals surface area contributed by atoms with Crippen LogP contribution < -0.4 is 16.4 Å². The van der Waals surface area contributed by atoms with Crippen LogP contribution in [0.5, 0.6) is 0 Å². The number of pyridine rings is 6. The van der Waals surface area contributed by atoms with Gasteiger partial charge in [0.1, 0.15) is 25.1 Å². The first-order valence-corrected chi connectivity index (χ1v) is 43.9. The number of aromatic nitrogens is 6. The van der Waals surface area contributed by atoms with Crippen molar-refractivity contribution in [2.75, 3.05) is 0 Å². The minimum absolute atomic E-state index is 0. The van der Waals surface area contributed by atoms with E-state index in [4.69, 9.17) is 27.9 Å². The number of benzene rings is 10. The summed E-state index contributed by atoms with van der Waals surface area (Å²) in [7, 11) is -1.06. The smallest absolute Gasteiger partial charge is 0.400 e. The van der Waals surface area contributed by atoms with Gasteiger partial charge in [0.2, 0.25) is 0 Å². The van der Waals surface area contributed by atoms with Crippen LogP contribution in [0.15, 0.2) is 357 Å². The molecule has 3 fully saturated rings. The molecular formula is C113H102B3BrIr2N6O10. The summed E-state index contributed by atoms with van der Waals surface area (Å²) in [4.78, 5) is 68.2. The Labute approximate surface area is 830 Å². The molecule has 135 heavy (non-hydrogen) atoms. The van der Waals surface area contributed by atoms with Crippen molar-refractivity contribution in [3.63, 3.8) is 0 Å². The van der Waals surface area contributed by atoms with Crippen LogP contribution in [0, 0.1) is 36.4 Å². The first-order valence-electron chi connectivity index (χ1n) is 43.1. The van der Waals surface area contributed by atoms with Crippen molar-refractivity contribution < 1.29 is 87.3 Å². The summed E-state index contributed by atoms with van der Waals surface area (Å²) in [6.45, 7) is 24.7. The monoisotopic (exact) mass is 2200 g/mol. The Hall–Kier alpha value is -12.5. The molecule has 0 spiro atoms. The van der Waals surface area contributed by atoms with Gasteiger partial charge in [-0.2, -0.15) is 0 Å². The summed E-state index contributed by atoms with van der Waals surface area (Å²) in [6.07, 6.45) is 14.0. The number of hydrogen-bond acceptors (Lipinski definition) is 16. The van der Waals surface area contributed by atoms with Crippen LogP contribution in [0.1, 0.15) is 132 Å². The average molecular weight is 2200 g/mol. The molecule has 0 atom stereocenters. The standard InChI is InChI=1S/3C18H12NO.3C17H19BNO2.C7H5BrO.CH4.2Ir/c3*20-13-14-7-9-15(10-8-14)16-4-3-5-17(12-16)18-6-1-2-11-19-18;3*1-16(2)17(3,4)21-18(20-16)14-9-7-8-13(12-14)15-10-5-6-11-19-15;8-7-3-1-6(5-9)2-4-7;;;/h3*1-4,6-13H;3*5-7,9-12H,1-4H3;1-5H;1H4;;/q6*-1;;;2*+3. The van der Waals surface area contributed by atoms with E-state index in [1.54, 1.807) is 49.3 Å². The molecular weight excluding hydrogens is 2100 g/mol. The summed E-state index contributed by atoms with van der Waals surface area (Å²) in [6, 6.07) is 120. The molecule has 0 bridgehead atoms. The van der Waals surface area contributed by atoms with Crippen molar-refractivity contribution >= 4 is 78.8 Å². The van der Waals surface area contributed by atoms with Crippen LogP contribution in [-0.4, -0.2) is 110 Å². The zero-order valence-corrected chi connectivity index (χ0v) is 82.7. The van der Waals surface area contributed by atoms with E-state index in [1.807, 2.05) is 285 Å². The molecule has 3 aliphatic heterocycles. The van der Waals surface area contributed by atoms with E-state index in [0.717, 1.165) is 147 Å². The number of halogens is 1. The summed E-state index contributed by atoms with van der Waals surface area (Å²) in [5.74, 6) is 0. The molecule has 19 rings (SSSR count). The zero-order chi connectivity index (χ0) is 93.3. The Morgan fingerprint density at radius 3 is 0.615 bits per heavy atom. The third-order valence-corrected chi connectivity index (χ3v) is 23.8. The minimum atomic E-state index is -0.355. The molecule has 22 heteroatoms. The van der Waals surface area contributed by atoms with Crippen LogP contribution in [0.3, 0.4) is 0 Å². The third-order valence-electron chi connectivity index (χ3n) is 23.2. The van der Waals surface area contributed by atoms with Gasteiger partial charge in [-0.1, -0.05) is 181 Å². The van der Waals surface area contributed by atoms with Crippen molar-refractivity contribution in [1.29, 1.82) is 0 Å². The summed E-state index contributed by atoms with van der Waals surface area (Å²) < 4.78 is 37.5. The Morgan fingerprint density at radius 2 is 0.430 bits per heavy atom. The van der Waals surface area contributed by atoms with Crippen molar-refractivity contribution in [2.45, 2.75) is 124 Å². The van der Waals surface area contributed by atoms with Gasteiger partial charge in [0.25, 0.3) is 0 Å². The molecule has 678 valence electrons. The Balaban J connectivity index is 0.000000164. The molecule has 0 amide bonds. The van der Waals surface area contributed by atoms with E-state index in [1.165, 1.54) is 0 Å². The van der Waals surface area contributed by atoms with Gasteiger partial charge in [-0.3, -0.25) is 19.2 Å². The van der Waals surface area contributed by atoms with Crippen molar-refractivity contribution in [2.24, 2.45) is 0 Å². The number of rotatable bonds is 16. The summed E-state index contributed by atoms with van der Waals surface area (Å²) in [5.41, 5.74) is 21.3. The average Bonchev–Trinajstić information content (AvgIpc) is 1.63. The fraction of sp³-hybridized carbons (Fsp3) is 0.168. The Kier molecular flexibility index (Phi) is 37.7. The molecule has 3 saturated heterocycles. The second-order valence-electron chi connectivity index (χ2n) is 34.0. The van der Waals surface area contributed by atoms with E-state index >= 15 is 0 Å². The van der Waals surface area contributed by atoms with E-state index in [0.29, 0.717) is 22.3 Å². The molecule has 0 N–H and O–H groups in total. The predicted octanol–water partition coefficient (Wildman–Crippen LogP) is 23.5. The quantitative estimate of drug-likeness (QED) is 0.0502. The first kappa shape index (κ1) is 105. The summed E-state index contributed by atoms with van der Waals surface area (Å²) >= 11 is 3.26. The van der Waals surface area contributed by atoms with Gasteiger partial charge in [0.05, 0.1) is 33.6 Å². The van der Waals surface area contributed by atoms with Gasteiger partial charge >= 0.3 is 61.6 Å². The topological polar surface area (TPSA) is 201 Å². The van der Waals surface area contributed by atoms with Gasteiger partial charge in [0, 0.05) is 63.9 Å². The maximum absolute atomic E-state index is 10.7. The van der Waals surface area contributed by atoms with Gasteiger partial charge < -0.3 is 57.8 Å². The number of hydrogen-bond donors (Lipinski definition) is 0. The van der Waals surface area contributed by atoms with Gasteiger partial charge in [-0.05, 0) is 182 Å². The van der Waals surface area contributed by atoms with Crippen molar-refractivity contribution in [1.82, 2.24) is 29.9 Å². The molecule has 9 heterocycles. The largest absolute Gasteiger partial charge is 3.00 e. The zero-order valence-electron chi connectivity index (χ0n) is 76.3. The minimum Gasteiger partial charge on any atom is -0.400 e. The maximum atomic E-state index is 10.7. The molecule has 16 aromatic rings. The van der Waals surface area contributed by atoms with Crippen LogP contribution in [0.4, 0.5) is 0 Å². The second-order valence-corrected chi connectivity index (χ2v) is 34.9. The second kappa shape index (κ2) is 48.6. The first-order chi connectivity index (χ1) is 63.6. The molecule has 6 aromatic heterocycles. The van der Waals surface area contributed by atoms with Gasteiger partial charge in [-0.25, -0.2) is 0 Å². The van der Waals surface area contributed by atoms with E-state index in [2.05, 4.69) is 184 Å². The van der Waals surface area contributed by atoms with E-state index in [-0.39, 0.29) is 103 Å². The van der Waals surface area contributed by atoms with Crippen molar-refractivity contribution in [3.05, 3.63) is 416 Å². The molecule has 10 aromatic carbocycles. The SMILES string of the molecule is C.CC1(C)OB(c2cc[c-]c(-c3ccccn3)c2)OC1(C)C.CC1(C)OB(c2cc[c-]c(-c3ccccn3)c2)OC1(C)C.CC1(C)OB(c2cc[c-]c(-c3ccccn3)c2)OC1(C)C.O=Cc1ccc(-c2cc[c-]c(-c3ccccn3)c2)cc1.O=Cc1ccc(-c2cc[c-]c(-c3ccccn3)c2)cc1.O=Cc1ccc(-c2cc[c-]c(-c3ccccn3)c2)cc1.O=Cc1ccc(Br)cc1.[Ir+3].[Ir+3]. The van der Waals surface area contributed by atoms with E-state index < -0.39 is 0 Å². The van der Waals surface area contributed by atoms with E-state index in [9.17, 15) is 19.2 Å². The van der Waals surface area contributed by atoms with Crippen molar-refractivity contribution in [3.8, 4) is 101 Å². The van der Waals surface area contributed by atoms with Crippen LogP contribution in [0.2, 0.25) is 0 Å². The maximum Gasteiger partial charge on any atom is 3.00 e. The number of carbonyl (C=O) groups excluding carboxylic acids is 4. The van der Waals surface area contributed by atoms with Gasteiger partial charge in [0.15, 0.2) is 0 Å². The molecule has 0 saturated carbocycles. The van der Waals surface area contributed by atoms with Crippen LogP contribution in [0.25, 0.3) is 101 Å². The fourth-order valence-corrected chi connectivity index (χ4v) is 13.9. The predicted molar refractivity (Wildman–Crippen MR) is 537 cm³/mol. The Morgan fingerprint density at radius 1 is 0.244 bits per heavy atom. The summed E-state index contributed by atoms with van der Waals surface area (Å²) in [5, 5.41) is 0. The number of nitrogens with zero attached hydrogens (tertiary/aromatic N) is 6. The third kappa shape index (κ3) is 28.1. The van der Waals surface area contributed by atoms with Crippen LogP contribution in [-0.2, 0) is 68.1 Å². The van der Waals surface area contributed by atoms with Gasteiger partial charge in [-0.15, -0.1) is 212 Å². The molecule has 3 aliphatic rings. The molecule has 0 radical (unpaired) electrons. The molecule has 16 nitrogen and oxygen atoms in total. The normalized spacial score (nSPS) is 14.3. The molecule has 0 unspecified atom stereocenters. The van der Waals surface area contributed by atoms with Crippen LogP contribution >= 0.6 is 15.9 Å². The number of aldehydes is 4. The number of carbonyl (C=O) groups is 4. The fourth-order valence-electron chi connectivity index (χ4n) is 13.6.